The Bertz CT molecular complexity index is 714. The summed E-state index contributed by atoms with van der Waals surface area (Å²) in [5, 5.41) is 3.27. The van der Waals surface area contributed by atoms with Gasteiger partial charge in [0, 0.05) is 32.0 Å². The number of carbonyl (C=O) groups excluding carboxylic acids is 1. The van der Waals surface area contributed by atoms with Gasteiger partial charge in [-0.3, -0.25) is 9.69 Å². The Labute approximate surface area is 162 Å². The van der Waals surface area contributed by atoms with Crippen molar-refractivity contribution < 1.29 is 4.79 Å². The van der Waals surface area contributed by atoms with E-state index in [0.29, 0.717) is 6.54 Å². The van der Waals surface area contributed by atoms with Crippen LogP contribution < -0.4 is 5.32 Å². The molecule has 2 aromatic rings. The van der Waals surface area contributed by atoms with E-state index in [2.05, 4.69) is 43.8 Å². The molecule has 3 rings (SSSR count). The number of benzene rings is 1. The van der Waals surface area contributed by atoms with Gasteiger partial charge in [0.25, 0.3) is 0 Å². The second-order valence-corrected chi connectivity index (χ2v) is 7.42. The van der Waals surface area contributed by atoms with Gasteiger partial charge < -0.3 is 14.8 Å². The van der Waals surface area contributed by atoms with Crippen LogP contribution >= 0.6 is 0 Å². The Kier molecular flexibility index (Phi) is 7.01. The maximum atomic E-state index is 12.7. The molecule has 1 aliphatic rings. The molecular weight excluding hydrogens is 338 g/mol. The average Bonchev–Trinajstić information content (AvgIpc) is 2.97. The first-order chi connectivity index (χ1) is 13.1. The van der Waals surface area contributed by atoms with E-state index < -0.39 is 0 Å². The van der Waals surface area contributed by atoms with Gasteiger partial charge in [0.1, 0.15) is 5.82 Å². The molecule has 0 unspecified atom stereocenters. The summed E-state index contributed by atoms with van der Waals surface area (Å²) in [4.78, 5) is 21.6. The van der Waals surface area contributed by atoms with Crippen LogP contribution in [0.5, 0.6) is 0 Å². The zero-order valence-electron chi connectivity index (χ0n) is 16.5. The molecule has 0 spiro atoms. The van der Waals surface area contributed by atoms with Crippen LogP contribution in [0.15, 0.2) is 42.7 Å². The quantitative estimate of drug-likeness (QED) is 0.812. The van der Waals surface area contributed by atoms with Crippen molar-refractivity contribution in [2.45, 2.75) is 32.4 Å². The van der Waals surface area contributed by atoms with Gasteiger partial charge in [0.2, 0.25) is 5.91 Å². The fraction of sp³-hybridized carbons (Fsp3) is 0.524. The highest BCUT2D eigenvalue weighted by molar-refractivity contribution is 5.78. The van der Waals surface area contributed by atoms with Gasteiger partial charge in [-0.1, -0.05) is 30.3 Å². The van der Waals surface area contributed by atoms with Crippen LogP contribution in [0.4, 0.5) is 0 Å². The van der Waals surface area contributed by atoms with Gasteiger partial charge in [-0.15, -0.1) is 0 Å². The monoisotopic (exact) mass is 369 g/mol. The molecule has 0 bridgehead atoms. The number of carbonyl (C=O) groups is 1. The van der Waals surface area contributed by atoms with E-state index in [9.17, 15) is 4.79 Å². The summed E-state index contributed by atoms with van der Waals surface area (Å²) in [6.07, 6.45) is 5.77. The zero-order chi connectivity index (χ0) is 19.1. The summed E-state index contributed by atoms with van der Waals surface area (Å²) < 4.78 is 2.13. The molecule has 1 amide bonds. The number of imidazole rings is 1. The molecule has 1 aliphatic heterocycles. The minimum Gasteiger partial charge on any atom is -0.348 e. The molecule has 2 heterocycles. The number of aromatic nitrogens is 2. The van der Waals surface area contributed by atoms with Crippen LogP contribution in [0.1, 0.15) is 30.3 Å². The maximum absolute atomic E-state index is 12.7. The van der Waals surface area contributed by atoms with Gasteiger partial charge in [-0.2, -0.15) is 0 Å². The third-order valence-corrected chi connectivity index (χ3v) is 5.30. The molecular formula is C21H31N5O. The van der Waals surface area contributed by atoms with E-state index in [1.807, 2.05) is 37.5 Å². The Hall–Kier alpha value is -2.18. The van der Waals surface area contributed by atoms with Crippen molar-refractivity contribution in [1.82, 2.24) is 24.7 Å². The molecule has 0 saturated carbocycles. The normalized spacial score (nSPS) is 17.4. The summed E-state index contributed by atoms with van der Waals surface area (Å²) >= 11 is 0. The van der Waals surface area contributed by atoms with Crippen LogP contribution in [0, 0.1) is 6.92 Å². The topological polar surface area (TPSA) is 53.4 Å². The van der Waals surface area contributed by atoms with Crippen molar-refractivity contribution >= 4 is 5.91 Å². The largest absolute Gasteiger partial charge is 0.348 e. The molecule has 1 N–H and O–H groups in total. The number of hydrogen-bond donors (Lipinski definition) is 1. The highest BCUT2D eigenvalue weighted by Crippen LogP contribution is 2.18. The summed E-state index contributed by atoms with van der Waals surface area (Å²) in [6, 6.07) is 10.3. The minimum atomic E-state index is 0.00940. The minimum absolute atomic E-state index is 0.00940. The Balaban J connectivity index is 1.60. The summed E-state index contributed by atoms with van der Waals surface area (Å²) in [5.74, 6) is 1.11. The second-order valence-electron chi connectivity index (χ2n) is 7.42. The fourth-order valence-corrected chi connectivity index (χ4v) is 3.62. The van der Waals surface area contributed by atoms with Gasteiger partial charge in [-0.25, -0.2) is 4.98 Å². The molecule has 6 nitrogen and oxygen atoms in total. The highest BCUT2D eigenvalue weighted by Gasteiger charge is 2.19. The molecule has 6 heteroatoms. The van der Waals surface area contributed by atoms with Crippen LogP contribution in [0.2, 0.25) is 0 Å². The lowest BCUT2D eigenvalue weighted by Gasteiger charge is -2.23. The molecule has 1 aromatic heterocycles. The number of rotatable bonds is 7. The Morgan fingerprint density at radius 2 is 2.00 bits per heavy atom. The maximum Gasteiger partial charge on any atom is 0.234 e. The first kappa shape index (κ1) is 19.6. The van der Waals surface area contributed by atoms with Gasteiger partial charge in [0.15, 0.2) is 0 Å². The van der Waals surface area contributed by atoms with E-state index in [1.165, 1.54) is 0 Å². The first-order valence-corrected chi connectivity index (χ1v) is 9.85. The fourth-order valence-electron chi connectivity index (χ4n) is 3.62. The number of amides is 1. The molecule has 1 saturated heterocycles. The smallest absolute Gasteiger partial charge is 0.234 e. The zero-order valence-corrected chi connectivity index (χ0v) is 16.5. The SMILES string of the molecule is Cc1nccn1CC[C@@H](NC(=O)CN1CCCN(C)CC1)c1ccccc1. The predicted octanol–water partition coefficient (Wildman–Crippen LogP) is 2.08. The molecule has 0 aliphatic carbocycles. The lowest BCUT2D eigenvalue weighted by Crippen LogP contribution is -2.40. The van der Waals surface area contributed by atoms with Crippen LogP contribution in [0.25, 0.3) is 0 Å². The van der Waals surface area contributed by atoms with Crippen molar-refractivity contribution in [2.24, 2.45) is 0 Å². The number of nitrogens with one attached hydrogen (secondary N) is 1. The average molecular weight is 370 g/mol. The third kappa shape index (κ3) is 5.91. The molecule has 1 atom stereocenters. The van der Waals surface area contributed by atoms with Crippen LogP contribution in [0.3, 0.4) is 0 Å². The van der Waals surface area contributed by atoms with E-state index in [1.54, 1.807) is 0 Å². The van der Waals surface area contributed by atoms with Crippen molar-refractivity contribution in [2.75, 3.05) is 39.8 Å². The van der Waals surface area contributed by atoms with Crippen LogP contribution in [-0.2, 0) is 11.3 Å². The standard InChI is InChI=1S/C21H31N5O/c1-18-22-10-14-26(18)13-9-20(19-7-4-3-5-8-19)23-21(27)17-25-12-6-11-24(2)15-16-25/h3-5,7-8,10,14,20H,6,9,11-13,15-17H2,1-2H3,(H,23,27)/t20-/m1/s1. The predicted molar refractivity (Wildman–Crippen MR) is 107 cm³/mol. The van der Waals surface area contributed by atoms with E-state index in [-0.39, 0.29) is 11.9 Å². The Morgan fingerprint density at radius 1 is 1.19 bits per heavy atom. The lowest BCUT2D eigenvalue weighted by atomic mass is 10.0. The second kappa shape index (κ2) is 9.67. The lowest BCUT2D eigenvalue weighted by molar-refractivity contribution is -0.123. The highest BCUT2D eigenvalue weighted by atomic mass is 16.2. The van der Waals surface area contributed by atoms with Crippen molar-refractivity contribution in [3.8, 4) is 0 Å². The van der Waals surface area contributed by atoms with Gasteiger partial charge in [-0.05, 0) is 45.5 Å². The summed E-state index contributed by atoms with van der Waals surface area (Å²) in [5.41, 5.74) is 1.15. The van der Waals surface area contributed by atoms with Crippen molar-refractivity contribution in [3.05, 3.63) is 54.1 Å². The molecule has 1 fully saturated rings. The summed E-state index contributed by atoms with van der Waals surface area (Å²) in [7, 11) is 2.15. The molecule has 0 radical (unpaired) electrons. The van der Waals surface area contributed by atoms with Crippen LogP contribution in [-0.4, -0.2) is 65.0 Å². The number of hydrogen-bond acceptors (Lipinski definition) is 4. The number of nitrogens with zero attached hydrogens (tertiary/aromatic N) is 4. The number of likely N-dealkylation sites (N-methyl/N-ethyl adjacent to an activating group) is 1. The number of aryl methyl sites for hydroxylation is 2. The molecule has 27 heavy (non-hydrogen) atoms. The van der Waals surface area contributed by atoms with E-state index >= 15 is 0 Å². The van der Waals surface area contributed by atoms with Gasteiger partial charge in [0.05, 0.1) is 12.6 Å². The first-order valence-electron chi connectivity index (χ1n) is 9.85. The third-order valence-electron chi connectivity index (χ3n) is 5.30. The van der Waals surface area contributed by atoms with Gasteiger partial charge >= 0.3 is 0 Å². The summed E-state index contributed by atoms with van der Waals surface area (Å²) in [6.45, 7) is 7.38. The Morgan fingerprint density at radius 3 is 2.74 bits per heavy atom. The van der Waals surface area contributed by atoms with Crippen molar-refractivity contribution in [1.29, 1.82) is 0 Å². The van der Waals surface area contributed by atoms with E-state index in [0.717, 1.165) is 57.0 Å². The molecule has 1 aromatic carbocycles. The molecule has 146 valence electrons. The van der Waals surface area contributed by atoms with E-state index in [4.69, 9.17) is 0 Å². The van der Waals surface area contributed by atoms with Crippen molar-refractivity contribution in [3.63, 3.8) is 0 Å².